The number of hydrogen-bond acceptors (Lipinski definition) is 9. The monoisotopic (exact) mass is 594 g/mol. The van der Waals surface area contributed by atoms with E-state index in [1.807, 2.05) is 0 Å². The quantitative estimate of drug-likeness (QED) is 0.220. The first-order valence-electron chi connectivity index (χ1n) is 13.9. The Morgan fingerprint density at radius 2 is 1.41 bits per heavy atom. The Balaban J connectivity index is 2.11. The minimum atomic E-state index is -2.20. The molecule has 3 rings (SSSR count). The van der Waals surface area contributed by atoms with Crippen molar-refractivity contribution in [2.24, 2.45) is 5.92 Å². The number of ether oxygens (including phenoxy) is 5. The van der Waals surface area contributed by atoms with E-state index < -0.39 is 56.1 Å². The van der Waals surface area contributed by atoms with Gasteiger partial charge in [0.05, 0.1) is 17.2 Å². The minimum absolute atomic E-state index is 0.0515. The molecule has 1 saturated heterocycles. The maximum Gasteiger partial charge on any atom is 0.412 e. The summed E-state index contributed by atoms with van der Waals surface area (Å²) in [5, 5.41) is -0.0515. The van der Waals surface area contributed by atoms with Crippen molar-refractivity contribution in [1.82, 2.24) is 9.80 Å². The standard InChI is InChI=1S/C29H46N2O9Si/c1-28(2,3)40-27(34)30-15-19(16-39-41(9,10)29(4,5)6)22(37-17-35-7)23(38-18-36-8)24(30)31-25(32)20-13-11-12-14-21(20)26(31)33/h11-14,19,22-24H,15-18H2,1-10H3/t19-,22-,23+,24+/m1/s1. The van der Waals surface area contributed by atoms with Gasteiger partial charge in [-0.15, -0.1) is 0 Å². The van der Waals surface area contributed by atoms with Crippen LogP contribution in [-0.2, 0) is 28.1 Å². The highest BCUT2D eigenvalue weighted by atomic mass is 28.4. The molecule has 3 amide bonds. The number of carbonyl (C=O) groups is 3. The molecule has 0 N–H and O–H groups in total. The summed E-state index contributed by atoms with van der Waals surface area (Å²) >= 11 is 0. The highest BCUT2D eigenvalue weighted by Gasteiger charge is 2.55. The zero-order chi connectivity index (χ0) is 30.8. The Kier molecular flexibility index (Phi) is 10.4. The maximum atomic E-state index is 13.8. The number of amides is 3. The molecular formula is C29H46N2O9Si. The summed E-state index contributed by atoms with van der Waals surface area (Å²) in [4.78, 5) is 43.7. The van der Waals surface area contributed by atoms with Crippen LogP contribution in [-0.4, -0.2) is 101 Å². The highest BCUT2D eigenvalue weighted by Crippen LogP contribution is 2.39. The van der Waals surface area contributed by atoms with Gasteiger partial charge < -0.3 is 28.1 Å². The van der Waals surface area contributed by atoms with Crippen molar-refractivity contribution in [2.75, 3.05) is 41.0 Å². The third-order valence-corrected chi connectivity index (χ3v) is 12.3. The summed E-state index contributed by atoms with van der Waals surface area (Å²) in [6, 6.07) is 6.57. The van der Waals surface area contributed by atoms with Crippen molar-refractivity contribution in [1.29, 1.82) is 0 Å². The lowest BCUT2D eigenvalue weighted by molar-refractivity contribution is -0.222. The molecule has 12 heteroatoms. The van der Waals surface area contributed by atoms with E-state index in [1.54, 1.807) is 45.0 Å². The molecule has 11 nitrogen and oxygen atoms in total. The highest BCUT2D eigenvalue weighted by molar-refractivity contribution is 6.74. The van der Waals surface area contributed by atoms with E-state index in [-0.39, 0.29) is 42.9 Å². The molecular weight excluding hydrogens is 548 g/mol. The Hall–Kier alpha value is -2.35. The number of imide groups is 1. The molecule has 0 radical (unpaired) electrons. The van der Waals surface area contributed by atoms with Crippen LogP contribution in [0.2, 0.25) is 18.1 Å². The molecule has 0 bridgehead atoms. The average molecular weight is 595 g/mol. The molecule has 1 aromatic rings. The van der Waals surface area contributed by atoms with Gasteiger partial charge in [0, 0.05) is 33.3 Å². The number of rotatable bonds is 10. The van der Waals surface area contributed by atoms with Gasteiger partial charge in [-0.1, -0.05) is 32.9 Å². The van der Waals surface area contributed by atoms with Crippen LogP contribution in [0.5, 0.6) is 0 Å². The van der Waals surface area contributed by atoms with Crippen LogP contribution in [0.1, 0.15) is 62.3 Å². The maximum absolute atomic E-state index is 13.8. The molecule has 2 aliphatic rings. The van der Waals surface area contributed by atoms with E-state index in [9.17, 15) is 14.4 Å². The van der Waals surface area contributed by atoms with Gasteiger partial charge in [-0.3, -0.25) is 14.5 Å². The lowest BCUT2D eigenvalue weighted by atomic mass is 9.90. The smallest absolute Gasteiger partial charge is 0.412 e. The summed E-state index contributed by atoms with van der Waals surface area (Å²) in [6.07, 6.45) is -3.59. The number of nitrogens with zero attached hydrogens (tertiary/aromatic N) is 2. The van der Waals surface area contributed by atoms with Crippen molar-refractivity contribution >= 4 is 26.2 Å². The minimum Gasteiger partial charge on any atom is -0.444 e. The molecule has 41 heavy (non-hydrogen) atoms. The first-order valence-corrected chi connectivity index (χ1v) is 16.8. The third-order valence-electron chi connectivity index (χ3n) is 7.77. The van der Waals surface area contributed by atoms with Gasteiger partial charge in [0.25, 0.3) is 11.8 Å². The first kappa shape index (κ1) is 33.2. The summed E-state index contributed by atoms with van der Waals surface area (Å²) in [6.45, 7) is 16.1. The van der Waals surface area contributed by atoms with Gasteiger partial charge in [-0.05, 0) is 51.0 Å². The number of likely N-dealkylation sites (tertiary alicyclic amines) is 1. The first-order chi connectivity index (χ1) is 19.0. The second-order valence-corrected chi connectivity index (χ2v) is 17.8. The van der Waals surface area contributed by atoms with E-state index >= 15 is 0 Å². The van der Waals surface area contributed by atoms with Crippen LogP contribution in [0, 0.1) is 5.92 Å². The zero-order valence-corrected chi connectivity index (χ0v) is 27.0. The second kappa shape index (κ2) is 12.9. The third kappa shape index (κ3) is 7.36. The Morgan fingerprint density at radius 3 is 1.88 bits per heavy atom. The fourth-order valence-corrected chi connectivity index (χ4v) is 5.77. The van der Waals surface area contributed by atoms with E-state index in [2.05, 4.69) is 33.9 Å². The molecule has 230 valence electrons. The topological polar surface area (TPSA) is 113 Å². The molecule has 0 unspecified atom stereocenters. The van der Waals surface area contributed by atoms with Crippen LogP contribution in [0.3, 0.4) is 0 Å². The van der Waals surface area contributed by atoms with Crippen molar-refractivity contribution in [3.05, 3.63) is 35.4 Å². The van der Waals surface area contributed by atoms with Crippen molar-refractivity contribution in [3.8, 4) is 0 Å². The normalized spacial score (nSPS) is 23.7. The lowest BCUT2D eigenvalue weighted by Gasteiger charge is -2.50. The molecule has 0 saturated carbocycles. The fourth-order valence-electron chi connectivity index (χ4n) is 4.70. The van der Waals surface area contributed by atoms with Gasteiger partial charge in [0.2, 0.25) is 0 Å². The van der Waals surface area contributed by atoms with Gasteiger partial charge in [-0.2, -0.15) is 0 Å². The number of hydrogen-bond donors (Lipinski definition) is 0. The summed E-state index contributed by atoms with van der Waals surface area (Å²) < 4.78 is 35.2. The molecule has 1 aromatic carbocycles. The van der Waals surface area contributed by atoms with Crippen LogP contribution < -0.4 is 0 Å². The zero-order valence-electron chi connectivity index (χ0n) is 26.0. The van der Waals surface area contributed by atoms with Crippen LogP contribution >= 0.6 is 0 Å². The number of benzene rings is 1. The van der Waals surface area contributed by atoms with Crippen LogP contribution in [0.4, 0.5) is 4.79 Å². The van der Waals surface area contributed by atoms with E-state index in [4.69, 9.17) is 28.1 Å². The SMILES string of the molecule is COCO[C@@H]1[C@@H](CO[Si](C)(C)C(C)(C)C)CN(C(=O)OC(C)(C)C)[C@@H](N2C(=O)c3ccccc3C2=O)[C@H]1OCOC. The fraction of sp³-hybridized carbons (Fsp3) is 0.690. The Morgan fingerprint density at radius 1 is 0.902 bits per heavy atom. The number of fused-ring (bicyclic) bond motifs is 1. The predicted molar refractivity (Wildman–Crippen MR) is 154 cm³/mol. The molecule has 1 fully saturated rings. The summed E-state index contributed by atoms with van der Waals surface area (Å²) in [7, 11) is 0.773. The Labute approximate surface area is 244 Å². The second-order valence-electron chi connectivity index (χ2n) is 13.0. The summed E-state index contributed by atoms with van der Waals surface area (Å²) in [5.41, 5.74) is -0.321. The number of piperidine rings is 1. The molecule has 2 aliphatic heterocycles. The van der Waals surface area contributed by atoms with Gasteiger partial charge in [0.1, 0.15) is 31.5 Å². The number of methoxy groups -OCH3 is 2. The van der Waals surface area contributed by atoms with Crippen molar-refractivity contribution in [3.63, 3.8) is 0 Å². The molecule has 0 aliphatic carbocycles. The Bertz CT molecular complexity index is 1060. The van der Waals surface area contributed by atoms with E-state index in [0.717, 1.165) is 4.90 Å². The van der Waals surface area contributed by atoms with Crippen molar-refractivity contribution in [2.45, 2.75) is 83.6 Å². The summed E-state index contributed by atoms with van der Waals surface area (Å²) in [5.74, 6) is -1.46. The molecule has 2 heterocycles. The van der Waals surface area contributed by atoms with Gasteiger partial charge >= 0.3 is 6.09 Å². The molecule has 4 atom stereocenters. The predicted octanol–water partition coefficient (Wildman–Crippen LogP) is 4.48. The largest absolute Gasteiger partial charge is 0.444 e. The lowest BCUT2D eigenvalue weighted by Crippen LogP contribution is -2.69. The van der Waals surface area contributed by atoms with E-state index in [1.165, 1.54) is 19.1 Å². The average Bonchev–Trinajstić information content (AvgIpc) is 3.12. The molecule has 0 spiro atoms. The molecule has 0 aromatic heterocycles. The van der Waals surface area contributed by atoms with Gasteiger partial charge in [-0.25, -0.2) is 9.69 Å². The van der Waals surface area contributed by atoms with Crippen LogP contribution in [0.15, 0.2) is 24.3 Å². The number of carbonyl (C=O) groups excluding carboxylic acids is 3. The van der Waals surface area contributed by atoms with E-state index in [0.29, 0.717) is 0 Å². The van der Waals surface area contributed by atoms with Crippen LogP contribution in [0.25, 0.3) is 0 Å². The van der Waals surface area contributed by atoms with Gasteiger partial charge in [0.15, 0.2) is 8.32 Å². The van der Waals surface area contributed by atoms with Crippen molar-refractivity contribution < 1.29 is 42.5 Å².